The van der Waals surface area contributed by atoms with E-state index in [4.69, 9.17) is 10.5 Å². The van der Waals surface area contributed by atoms with Gasteiger partial charge in [-0.05, 0) is 12.0 Å². The number of carbonyl (C=O) groups excluding carboxylic acids is 1. The molecule has 1 aromatic rings. The lowest BCUT2D eigenvalue weighted by molar-refractivity contribution is 0.112. The zero-order valence-corrected chi connectivity index (χ0v) is 9.72. The minimum absolute atomic E-state index is 0.161. The SMILES string of the molecule is CN(C)C(=O)OCC(N)Cc1ccccc1. The summed E-state index contributed by atoms with van der Waals surface area (Å²) in [6, 6.07) is 9.75. The van der Waals surface area contributed by atoms with Crippen molar-refractivity contribution in [2.75, 3.05) is 20.7 Å². The van der Waals surface area contributed by atoms with E-state index >= 15 is 0 Å². The Morgan fingerprint density at radius 2 is 2.00 bits per heavy atom. The summed E-state index contributed by atoms with van der Waals surface area (Å²) in [5.74, 6) is 0. The zero-order chi connectivity index (χ0) is 12.0. The Bertz CT molecular complexity index is 325. The van der Waals surface area contributed by atoms with Gasteiger partial charge in [0.2, 0.25) is 0 Å². The van der Waals surface area contributed by atoms with E-state index in [-0.39, 0.29) is 18.7 Å². The quantitative estimate of drug-likeness (QED) is 0.834. The van der Waals surface area contributed by atoms with Crippen LogP contribution in [-0.2, 0) is 11.2 Å². The predicted octanol–water partition coefficient (Wildman–Crippen LogP) is 1.25. The highest BCUT2D eigenvalue weighted by Crippen LogP contribution is 2.02. The molecule has 2 N–H and O–H groups in total. The van der Waals surface area contributed by atoms with Gasteiger partial charge in [0.15, 0.2) is 0 Å². The third-order valence-corrected chi connectivity index (χ3v) is 2.13. The second kappa shape index (κ2) is 6.12. The van der Waals surface area contributed by atoms with Crippen LogP contribution in [-0.4, -0.2) is 37.7 Å². The first-order valence-electron chi connectivity index (χ1n) is 5.23. The standard InChI is InChI=1S/C12H18N2O2/c1-14(2)12(15)16-9-11(13)8-10-6-4-3-5-7-10/h3-7,11H,8-9,13H2,1-2H3. The van der Waals surface area contributed by atoms with Crippen LogP contribution in [0.4, 0.5) is 4.79 Å². The molecule has 1 unspecified atom stereocenters. The van der Waals surface area contributed by atoms with E-state index in [9.17, 15) is 4.79 Å². The molecule has 0 saturated heterocycles. The highest BCUT2D eigenvalue weighted by atomic mass is 16.6. The molecule has 0 bridgehead atoms. The number of rotatable bonds is 4. The Hall–Kier alpha value is -1.55. The summed E-state index contributed by atoms with van der Waals surface area (Å²) in [5.41, 5.74) is 7.01. The summed E-state index contributed by atoms with van der Waals surface area (Å²) in [6.45, 7) is 0.242. The largest absolute Gasteiger partial charge is 0.448 e. The molecule has 0 spiro atoms. The number of hydrogen-bond acceptors (Lipinski definition) is 3. The van der Waals surface area contributed by atoms with E-state index in [2.05, 4.69) is 0 Å². The van der Waals surface area contributed by atoms with Gasteiger partial charge in [0.25, 0.3) is 0 Å². The highest BCUT2D eigenvalue weighted by molar-refractivity contribution is 5.66. The first-order chi connectivity index (χ1) is 7.59. The minimum atomic E-state index is -0.358. The molecular weight excluding hydrogens is 204 g/mol. The van der Waals surface area contributed by atoms with Crippen molar-refractivity contribution in [3.63, 3.8) is 0 Å². The molecule has 16 heavy (non-hydrogen) atoms. The van der Waals surface area contributed by atoms with Gasteiger partial charge in [0.05, 0.1) is 0 Å². The van der Waals surface area contributed by atoms with Crippen LogP contribution in [0.25, 0.3) is 0 Å². The molecule has 1 atom stereocenters. The van der Waals surface area contributed by atoms with Crippen molar-refractivity contribution in [3.8, 4) is 0 Å². The number of nitrogens with two attached hydrogens (primary N) is 1. The Morgan fingerprint density at radius 3 is 2.56 bits per heavy atom. The maximum absolute atomic E-state index is 11.1. The molecule has 0 aliphatic heterocycles. The lowest BCUT2D eigenvalue weighted by atomic mass is 10.1. The monoisotopic (exact) mass is 222 g/mol. The van der Waals surface area contributed by atoms with Crippen molar-refractivity contribution in [2.45, 2.75) is 12.5 Å². The summed E-state index contributed by atoms with van der Waals surface area (Å²) in [7, 11) is 3.29. The van der Waals surface area contributed by atoms with Crippen LogP contribution in [0.1, 0.15) is 5.56 Å². The van der Waals surface area contributed by atoms with Gasteiger partial charge >= 0.3 is 6.09 Å². The molecular formula is C12H18N2O2. The zero-order valence-electron chi connectivity index (χ0n) is 9.72. The average Bonchev–Trinajstić information content (AvgIpc) is 2.27. The van der Waals surface area contributed by atoms with Gasteiger partial charge in [-0.15, -0.1) is 0 Å². The minimum Gasteiger partial charge on any atom is -0.448 e. The van der Waals surface area contributed by atoms with Crippen LogP contribution in [0.2, 0.25) is 0 Å². The molecule has 0 aromatic heterocycles. The first-order valence-corrected chi connectivity index (χ1v) is 5.23. The fourth-order valence-corrected chi connectivity index (χ4v) is 1.28. The Morgan fingerprint density at radius 1 is 1.38 bits per heavy atom. The number of carbonyl (C=O) groups is 1. The van der Waals surface area contributed by atoms with Crippen LogP contribution in [0, 0.1) is 0 Å². The topological polar surface area (TPSA) is 55.6 Å². The second-order valence-corrected chi connectivity index (χ2v) is 3.92. The summed E-state index contributed by atoms with van der Waals surface area (Å²) < 4.78 is 5.00. The molecule has 0 fully saturated rings. The van der Waals surface area contributed by atoms with Crippen molar-refractivity contribution in [3.05, 3.63) is 35.9 Å². The van der Waals surface area contributed by atoms with Gasteiger partial charge < -0.3 is 15.4 Å². The first kappa shape index (κ1) is 12.5. The number of amides is 1. The van der Waals surface area contributed by atoms with Crippen molar-refractivity contribution in [1.29, 1.82) is 0 Å². The van der Waals surface area contributed by atoms with Crippen LogP contribution in [0.15, 0.2) is 30.3 Å². The number of hydrogen-bond donors (Lipinski definition) is 1. The predicted molar refractivity (Wildman–Crippen MR) is 63.2 cm³/mol. The third kappa shape index (κ3) is 4.31. The van der Waals surface area contributed by atoms with E-state index in [1.54, 1.807) is 14.1 Å². The Kier molecular flexibility index (Phi) is 4.79. The van der Waals surface area contributed by atoms with Crippen LogP contribution >= 0.6 is 0 Å². The van der Waals surface area contributed by atoms with Gasteiger partial charge in [-0.3, -0.25) is 0 Å². The fraction of sp³-hybridized carbons (Fsp3) is 0.417. The molecule has 4 heteroatoms. The maximum Gasteiger partial charge on any atom is 0.409 e. The molecule has 88 valence electrons. The van der Waals surface area contributed by atoms with E-state index in [0.717, 1.165) is 5.56 Å². The normalized spacial score (nSPS) is 11.9. The van der Waals surface area contributed by atoms with Gasteiger partial charge in [0, 0.05) is 20.1 Å². The average molecular weight is 222 g/mol. The van der Waals surface area contributed by atoms with Crippen LogP contribution in [0.5, 0.6) is 0 Å². The summed E-state index contributed by atoms with van der Waals surface area (Å²) >= 11 is 0. The van der Waals surface area contributed by atoms with Crippen molar-refractivity contribution in [2.24, 2.45) is 5.73 Å². The smallest absolute Gasteiger partial charge is 0.409 e. The van der Waals surface area contributed by atoms with Crippen molar-refractivity contribution in [1.82, 2.24) is 4.90 Å². The molecule has 0 aliphatic carbocycles. The summed E-state index contributed by atoms with van der Waals surface area (Å²) in [6.07, 6.45) is 0.352. The fourth-order valence-electron chi connectivity index (χ4n) is 1.28. The number of benzene rings is 1. The number of ether oxygens (including phenoxy) is 1. The van der Waals surface area contributed by atoms with Crippen LogP contribution < -0.4 is 5.73 Å². The second-order valence-electron chi connectivity index (χ2n) is 3.92. The van der Waals surface area contributed by atoms with Gasteiger partial charge in [-0.2, -0.15) is 0 Å². The van der Waals surface area contributed by atoms with Crippen molar-refractivity contribution >= 4 is 6.09 Å². The molecule has 1 rings (SSSR count). The Balaban J connectivity index is 2.31. The number of nitrogens with zero attached hydrogens (tertiary/aromatic N) is 1. The van der Waals surface area contributed by atoms with E-state index in [1.807, 2.05) is 30.3 Å². The summed E-state index contributed by atoms with van der Waals surface area (Å²) in [5, 5.41) is 0. The van der Waals surface area contributed by atoms with E-state index in [1.165, 1.54) is 4.90 Å². The van der Waals surface area contributed by atoms with Gasteiger partial charge in [0.1, 0.15) is 6.61 Å². The lowest BCUT2D eigenvalue weighted by Crippen LogP contribution is -2.33. The van der Waals surface area contributed by atoms with Gasteiger partial charge in [-0.1, -0.05) is 30.3 Å². The molecule has 0 heterocycles. The maximum atomic E-state index is 11.1. The van der Waals surface area contributed by atoms with E-state index < -0.39 is 0 Å². The molecule has 1 aromatic carbocycles. The molecule has 1 amide bonds. The van der Waals surface area contributed by atoms with Gasteiger partial charge in [-0.25, -0.2) is 4.79 Å². The molecule has 0 aliphatic rings. The third-order valence-electron chi connectivity index (χ3n) is 2.13. The molecule has 0 saturated carbocycles. The Labute approximate surface area is 96.0 Å². The molecule has 4 nitrogen and oxygen atoms in total. The summed E-state index contributed by atoms with van der Waals surface area (Å²) in [4.78, 5) is 12.5. The van der Waals surface area contributed by atoms with Crippen molar-refractivity contribution < 1.29 is 9.53 Å². The van der Waals surface area contributed by atoms with E-state index in [0.29, 0.717) is 6.42 Å². The van der Waals surface area contributed by atoms with Crippen LogP contribution in [0.3, 0.4) is 0 Å². The molecule has 0 radical (unpaired) electrons. The lowest BCUT2D eigenvalue weighted by Gasteiger charge is -2.15. The highest BCUT2D eigenvalue weighted by Gasteiger charge is 2.09.